The van der Waals surface area contributed by atoms with Crippen LogP contribution < -0.4 is 10.1 Å². The van der Waals surface area contributed by atoms with Crippen molar-refractivity contribution in [3.8, 4) is 28.8 Å². The van der Waals surface area contributed by atoms with Gasteiger partial charge in [-0.05, 0) is 55.3 Å². The zero-order chi connectivity index (χ0) is 22.9. The van der Waals surface area contributed by atoms with E-state index in [4.69, 9.17) is 9.84 Å². The fourth-order valence-corrected chi connectivity index (χ4v) is 3.19. The first-order chi connectivity index (χ1) is 15.6. The molecular weight excluding hydrogens is 400 g/mol. The van der Waals surface area contributed by atoms with Crippen molar-refractivity contribution < 1.29 is 9.53 Å². The monoisotopic (exact) mass is 426 g/mol. The third kappa shape index (κ3) is 5.32. The highest BCUT2D eigenvalue weighted by atomic mass is 16.5. The molecule has 6 heteroatoms. The molecule has 162 valence electrons. The molecule has 0 saturated carbocycles. The van der Waals surface area contributed by atoms with Crippen LogP contribution in [0.25, 0.3) is 23.0 Å². The van der Waals surface area contributed by atoms with E-state index in [0.717, 1.165) is 29.0 Å². The molecule has 1 N–H and O–H groups in total. The van der Waals surface area contributed by atoms with Crippen molar-refractivity contribution in [2.45, 2.75) is 20.3 Å². The van der Waals surface area contributed by atoms with Crippen LogP contribution in [0.3, 0.4) is 0 Å². The van der Waals surface area contributed by atoms with Crippen LogP contribution in [0.5, 0.6) is 5.75 Å². The number of nitrogens with one attached hydrogen (secondary N) is 1. The summed E-state index contributed by atoms with van der Waals surface area (Å²) < 4.78 is 7.49. The molecule has 0 aliphatic carbocycles. The van der Waals surface area contributed by atoms with Gasteiger partial charge in [-0.2, -0.15) is 10.4 Å². The van der Waals surface area contributed by atoms with Crippen molar-refractivity contribution >= 4 is 12.0 Å². The van der Waals surface area contributed by atoms with Gasteiger partial charge in [-0.25, -0.2) is 4.68 Å². The molecule has 0 atom stereocenters. The van der Waals surface area contributed by atoms with Gasteiger partial charge in [0.15, 0.2) is 0 Å². The number of aromatic nitrogens is 2. The Morgan fingerprint density at radius 2 is 2.06 bits per heavy atom. The maximum Gasteiger partial charge on any atom is 0.262 e. The third-order valence-electron chi connectivity index (χ3n) is 4.76. The lowest BCUT2D eigenvalue weighted by Crippen LogP contribution is -2.24. The van der Waals surface area contributed by atoms with Gasteiger partial charge in [0.25, 0.3) is 5.91 Å². The van der Waals surface area contributed by atoms with E-state index in [9.17, 15) is 10.1 Å². The van der Waals surface area contributed by atoms with Crippen molar-refractivity contribution in [2.75, 3.05) is 13.2 Å². The molecule has 0 aliphatic heterocycles. The average molecular weight is 427 g/mol. The quantitative estimate of drug-likeness (QED) is 0.301. The number of carbonyl (C=O) groups is 1. The normalized spacial score (nSPS) is 11.0. The predicted octanol–water partition coefficient (Wildman–Crippen LogP) is 4.85. The molecule has 1 heterocycles. The van der Waals surface area contributed by atoms with Gasteiger partial charge in [-0.1, -0.05) is 31.2 Å². The number of benzene rings is 2. The Balaban J connectivity index is 2.09. The smallest absolute Gasteiger partial charge is 0.262 e. The summed E-state index contributed by atoms with van der Waals surface area (Å²) in [5, 5.41) is 17.0. The van der Waals surface area contributed by atoms with Crippen LogP contribution in [0.15, 0.2) is 73.0 Å². The number of carbonyl (C=O) groups excluding carboxylic acids is 1. The maximum absolute atomic E-state index is 12.4. The van der Waals surface area contributed by atoms with E-state index in [1.165, 1.54) is 0 Å². The standard InChI is InChI=1S/C26H26N4O2/c1-4-13-28-26(31)20(17-27)16-21-18-30(22-9-7-6-8-10-22)29-25(21)24-12-11-23(15-19(24)3)32-14-5-2/h4,6-12,15-16,18H,1,5,13-14H2,2-3H3,(H,28,31)/b20-16-. The molecule has 1 aromatic heterocycles. The number of aryl methyl sites for hydroxylation is 1. The predicted molar refractivity (Wildman–Crippen MR) is 126 cm³/mol. The zero-order valence-electron chi connectivity index (χ0n) is 18.3. The van der Waals surface area contributed by atoms with Crippen LogP contribution in [-0.2, 0) is 4.79 Å². The summed E-state index contributed by atoms with van der Waals surface area (Å²) in [7, 11) is 0. The number of hydrogen-bond acceptors (Lipinski definition) is 4. The van der Waals surface area contributed by atoms with E-state index in [2.05, 4.69) is 18.8 Å². The summed E-state index contributed by atoms with van der Waals surface area (Å²) in [6.45, 7) is 8.58. The molecule has 32 heavy (non-hydrogen) atoms. The van der Waals surface area contributed by atoms with Crippen molar-refractivity contribution in [1.82, 2.24) is 15.1 Å². The summed E-state index contributed by atoms with van der Waals surface area (Å²) in [4.78, 5) is 12.4. The van der Waals surface area contributed by atoms with Crippen molar-refractivity contribution in [3.05, 3.63) is 84.1 Å². The maximum atomic E-state index is 12.4. The van der Waals surface area contributed by atoms with Crippen LogP contribution in [0.1, 0.15) is 24.5 Å². The van der Waals surface area contributed by atoms with Gasteiger partial charge in [0, 0.05) is 23.9 Å². The first-order valence-corrected chi connectivity index (χ1v) is 10.5. The Hall–Kier alpha value is -4.11. The number of rotatable bonds is 9. The highest BCUT2D eigenvalue weighted by Crippen LogP contribution is 2.30. The van der Waals surface area contributed by atoms with Gasteiger partial charge in [0.05, 0.1) is 12.3 Å². The van der Waals surface area contributed by atoms with E-state index in [1.807, 2.05) is 67.7 Å². The highest BCUT2D eigenvalue weighted by Gasteiger charge is 2.16. The van der Waals surface area contributed by atoms with Gasteiger partial charge in [0.1, 0.15) is 23.1 Å². The Labute approximate surface area is 188 Å². The van der Waals surface area contributed by atoms with Crippen molar-refractivity contribution in [2.24, 2.45) is 0 Å². The van der Waals surface area contributed by atoms with E-state index in [-0.39, 0.29) is 12.1 Å². The lowest BCUT2D eigenvalue weighted by atomic mass is 10.0. The van der Waals surface area contributed by atoms with Crippen LogP contribution in [-0.4, -0.2) is 28.8 Å². The number of ether oxygens (including phenoxy) is 1. The second-order valence-electron chi connectivity index (χ2n) is 7.21. The van der Waals surface area contributed by atoms with Crippen molar-refractivity contribution in [3.63, 3.8) is 0 Å². The molecule has 6 nitrogen and oxygen atoms in total. The molecule has 3 rings (SSSR count). The average Bonchev–Trinajstić information content (AvgIpc) is 3.23. The molecule has 0 saturated heterocycles. The number of amides is 1. The SMILES string of the molecule is C=CCNC(=O)/C(C#N)=C\c1cn(-c2ccccc2)nc1-c1ccc(OCCC)cc1C. The summed E-state index contributed by atoms with van der Waals surface area (Å²) in [6, 6.07) is 17.5. The van der Waals surface area contributed by atoms with Crippen LogP contribution in [0.4, 0.5) is 0 Å². The zero-order valence-corrected chi connectivity index (χ0v) is 18.3. The Morgan fingerprint density at radius 1 is 1.28 bits per heavy atom. The summed E-state index contributed by atoms with van der Waals surface area (Å²) in [5.74, 6) is 0.347. The number of hydrogen-bond donors (Lipinski definition) is 1. The van der Waals surface area contributed by atoms with E-state index in [1.54, 1.807) is 16.8 Å². The largest absolute Gasteiger partial charge is 0.494 e. The van der Waals surface area contributed by atoms with Crippen LogP contribution >= 0.6 is 0 Å². The van der Waals surface area contributed by atoms with Crippen molar-refractivity contribution in [1.29, 1.82) is 5.26 Å². The first kappa shape index (κ1) is 22.6. The first-order valence-electron chi connectivity index (χ1n) is 10.5. The fourth-order valence-electron chi connectivity index (χ4n) is 3.19. The Morgan fingerprint density at radius 3 is 2.72 bits per heavy atom. The van der Waals surface area contributed by atoms with Crippen LogP contribution in [0.2, 0.25) is 0 Å². The Kier molecular flexibility index (Phi) is 7.60. The third-order valence-corrected chi connectivity index (χ3v) is 4.76. The molecule has 1 amide bonds. The van der Waals surface area contributed by atoms with E-state index in [0.29, 0.717) is 17.9 Å². The fraction of sp³-hybridized carbons (Fsp3) is 0.192. The minimum atomic E-state index is -0.453. The summed E-state index contributed by atoms with van der Waals surface area (Å²) in [6.07, 6.45) is 5.89. The number of para-hydroxylation sites is 1. The molecule has 0 fully saturated rings. The molecule has 0 unspecified atom stereocenters. The van der Waals surface area contributed by atoms with E-state index >= 15 is 0 Å². The molecule has 0 bridgehead atoms. The number of nitriles is 1. The van der Waals surface area contributed by atoms with Gasteiger partial charge in [-0.3, -0.25) is 4.79 Å². The molecule has 0 spiro atoms. The van der Waals surface area contributed by atoms with Gasteiger partial charge >= 0.3 is 0 Å². The summed E-state index contributed by atoms with van der Waals surface area (Å²) >= 11 is 0. The minimum Gasteiger partial charge on any atom is -0.494 e. The second kappa shape index (κ2) is 10.8. The number of nitrogens with zero attached hydrogens (tertiary/aromatic N) is 3. The molecule has 2 aromatic carbocycles. The molecular formula is C26H26N4O2. The van der Waals surface area contributed by atoms with Crippen LogP contribution in [0, 0.1) is 18.3 Å². The van der Waals surface area contributed by atoms with Gasteiger partial charge in [0.2, 0.25) is 0 Å². The Bertz CT molecular complexity index is 1170. The molecule has 3 aromatic rings. The topological polar surface area (TPSA) is 79.9 Å². The van der Waals surface area contributed by atoms with E-state index < -0.39 is 5.91 Å². The lowest BCUT2D eigenvalue weighted by molar-refractivity contribution is -0.116. The van der Waals surface area contributed by atoms with Gasteiger partial charge in [-0.15, -0.1) is 6.58 Å². The lowest BCUT2D eigenvalue weighted by Gasteiger charge is -2.09. The second-order valence-corrected chi connectivity index (χ2v) is 7.21. The highest BCUT2D eigenvalue weighted by molar-refractivity contribution is 6.02. The summed E-state index contributed by atoms with van der Waals surface area (Å²) in [5.41, 5.74) is 4.12. The minimum absolute atomic E-state index is 0.00117. The molecule has 0 aliphatic rings. The van der Waals surface area contributed by atoms with Gasteiger partial charge < -0.3 is 10.1 Å². The molecule has 0 radical (unpaired) electrons.